The van der Waals surface area contributed by atoms with E-state index in [-0.39, 0.29) is 11.4 Å². The Morgan fingerprint density at radius 3 is 2.76 bits per heavy atom. The Morgan fingerprint density at radius 1 is 1.47 bits per heavy atom. The van der Waals surface area contributed by atoms with Gasteiger partial charge in [0.15, 0.2) is 0 Å². The molecule has 1 aromatic heterocycles. The van der Waals surface area contributed by atoms with Crippen LogP contribution < -0.4 is 10.6 Å². The number of carbonyl (C=O) groups excluding carboxylic acids is 1. The first-order valence-electron chi connectivity index (χ1n) is 5.53. The van der Waals surface area contributed by atoms with Gasteiger partial charge in [0.1, 0.15) is 0 Å². The third-order valence-corrected chi connectivity index (χ3v) is 2.26. The van der Waals surface area contributed by atoms with E-state index in [9.17, 15) is 4.79 Å². The number of anilines is 1. The van der Waals surface area contributed by atoms with Crippen molar-refractivity contribution in [1.82, 2.24) is 10.3 Å². The van der Waals surface area contributed by atoms with Crippen LogP contribution in [0, 0.1) is 0 Å². The topological polar surface area (TPSA) is 54.0 Å². The highest BCUT2D eigenvalue weighted by molar-refractivity contribution is 6.33. The van der Waals surface area contributed by atoms with Gasteiger partial charge in [0, 0.05) is 30.9 Å². The Hall–Kier alpha value is -1.29. The Labute approximate surface area is 107 Å². The van der Waals surface area contributed by atoms with Gasteiger partial charge in [0.25, 0.3) is 0 Å². The van der Waals surface area contributed by atoms with Crippen molar-refractivity contribution >= 4 is 23.2 Å². The van der Waals surface area contributed by atoms with E-state index in [4.69, 9.17) is 11.6 Å². The van der Waals surface area contributed by atoms with E-state index in [1.807, 2.05) is 20.8 Å². The highest BCUT2D eigenvalue weighted by Gasteiger charge is 2.13. The molecular formula is C12H18ClN3O. The first kappa shape index (κ1) is 13.8. The summed E-state index contributed by atoms with van der Waals surface area (Å²) in [6, 6.07) is 1.78. The SMILES string of the molecule is CC(C)(C)NC(=O)CCNc1ccncc1Cl. The second kappa shape index (κ2) is 5.87. The summed E-state index contributed by atoms with van der Waals surface area (Å²) in [7, 11) is 0. The number of carbonyl (C=O) groups is 1. The van der Waals surface area contributed by atoms with Crippen LogP contribution in [0.5, 0.6) is 0 Å². The molecule has 94 valence electrons. The second-order valence-corrected chi connectivity index (χ2v) is 5.24. The van der Waals surface area contributed by atoms with Gasteiger partial charge >= 0.3 is 0 Å². The lowest BCUT2D eigenvalue weighted by atomic mass is 10.1. The number of nitrogens with one attached hydrogen (secondary N) is 2. The Bertz CT molecular complexity index is 388. The average molecular weight is 256 g/mol. The lowest BCUT2D eigenvalue weighted by Crippen LogP contribution is -2.41. The van der Waals surface area contributed by atoms with Gasteiger partial charge in [-0.1, -0.05) is 11.6 Å². The molecule has 0 saturated heterocycles. The fourth-order valence-electron chi connectivity index (χ4n) is 1.31. The fourth-order valence-corrected chi connectivity index (χ4v) is 1.50. The van der Waals surface area contributed by atoms with Crippen LogP contribution in [0.3, 0.4) is 0 Å². The molecule has 0 spiro atoms. The molecule has 1 amide bonds. The van der Waals surface area contributed by atoms with Crippen molar-refractivity contribution < 1.29 is 4.79 Å². The van der Waals surface area contributed by atoms with E-state index in [1.165, 1.54) is 0 Å². The first-order chi connectivity index (χ1) is 7.88. The molecule has 0 bridgehead atoms. The first-order valence-corrected chi connectivity index (χ1v) is 5.91. The maximum absolute atomic E-state index is 11.5. The van der Waals surface area contributed by atoms with E-state index in [0.717, 1.165) is 5.69 Å². The summed E-state index contributed by atoms with van der Waals surface area (Å²) in [6.45, 7) is 6.42. The van der Waals surface area contributed by atoms with Crippen molar-refractivity contribution in [3.63, 3.8) is 0 Å². The fraction of sp³-hybridized carbons (Fsp3) is 0.500. The molecule has 0 atom stereocenters. The summed E-state index contributed by atoms with van der Waals surface area (Å²) < 4.78 is 0. The van der Waals surface area contributed by atoms with Crippen molar-refractivity contribution in [2.75, 3.05) is 11.9 Å². The zero-order chi connectivity index (χ0) is 12.9. The van der Waals surface area contributed by atoms with Gasteiger partial charge in [-0.25, -0.2) is 0 Å². The molecule has 0 aliphatic rings. The number of nitrogens with zero attached hydrogens (tertiary/aromatic N) is 1. The van der Waals surface area contributed by atoms with E-state index in [1.54, 1.807) is 18.5 Å². The number of pyridine rings is 1. The molecule has 0 unspecified atom stereocenters. The van der Waals surface area contributed by atoms with Crippen molar-refractivity contribution in [2.45, 2.75) is 32.7 Å². The molecule has 0 aromatic carbocycles. The van der Waals surface area contributed by atoms with Crippen LogP contribution in [0.4, 0.5) is 5.69 Å². The molecule has 2 N–H and O–H groups in total. The summed E-state index contributed by atoms with van der Waals surface area (Å²) in [5, 5.41) is 6.55. The van der Waals surface area contributed by atoms with Gasteiger partial charge in [-0.05, 0) is 26.8 Å². The molecule has 0 aliphatic heterocycles. The lowest BCUT2D eigenvalue weighted by Gasteiger charge is -2.20. The smallest absolute Gasteiger partial charge is 0.222 e. The van der Waals surface area contributed by atoms with Gasteiger partial charge in [-0.15, -0.1) is 0 Å². The molecule has 17 heavy (non-hydrogen) atoms. The quantitative estimate of drug-likeness (QED) is 0.869. The van der Waals surface area contributed by atoms with Crippen LogP contribution >= 0.6 is 11.6 Å². The van der Waals surface area contributed by atoms with E-state index < -0.39 is 0 Å². The number of hydrogen-bond acceptors (Lipinski definition) is 3. The molecule has 4 nitrogen and oxygen atoms in total. The standard InChI is InChI=1S/C12H18ClN3O/c1-12(2,3)16-11(17)5-7-15-10-4-6-14-8-9(10)13/h4,6,8H,5,7H2,1-3H3,(H,14,15)(H,16,17). The van der Waals surface area contributed by atoms with Gasteiger partial charge in [0.2, 0.25) is 5.91 Å². The molecule has 5 heteroatoms. The molecule has 0 saturated carbocycles. The molecule has 1 aromatic rings. The number of amides is 1. The van der Waals surface area contributed by atoms with Crippen LogP contribution in [0.25, 0.3) is 0 Å². The summed E-state index contributed by atoms with van der Waals surface area (Å²) in [5.74, 6) is 0.0233. The second-order valence-electron chi connectivity index (χ2n) is 4.83. The number of rotatable bonds is 4. The maximum Gasteiger partial charge on any atom is 0.222 e. The zero-order valence-electron chi connectivity index (χ0n) is 10.4. The number of hydrogen-bond donors (Lipinski definition) is 2. The van der Waals surface area contributed by atoms with E-state index >= 15 is 0 Å². The summed E-state index contributed by atoms with van der Waals surface area (Å²) in [4.78, 5) is 15.4. The average Bonchev–Trinajstić information content (AvgIpc) is 2.18. The van der Waals surface area contributed by atoms with Crippen LogP contribution in [0.2, 0.25) is 5.02 Å². The highest BCUT2D eigenvalue weighted by Crippen LogP contribution is 2.18. The monoisotopic (exact) mass is 255 g/mol. The molecule has 0 radical (unpaired) electrons. The van der Waals surface area contributed by atoms with Gasteiger partial charge in [0.05, 0.1) is 10.7 Å². The van der Waals surface area contributed by atoms with Crippen LogP contribution in [0.1, 0.15) is 27.2 Å². The van der Waals surface area contributed by atoms with Crippen LogP contribution in [-0.2, 0) is 4.79 Å². The van der Waals surface area contributed by atoms with Gasteiger partial charge in [-0.2, -0.15) is 0 Å². The number of aromatic nitrogens is 1. The normalized spacial score (nSPS) is 11.1. The lowest BCUT2D eigenvalue weighted by molar-refractivity contribution is -0.122. The summed E-state index contributed by atoms with van der Waals surface area (Å²) >= 11 is 5.92. The predicted molar refractivity (Wildman–Crippen MR) is 70.2 cm³/mol. The number of halogens is 1. The molecule has 1 rings (SSSR count). The minimum absolute atomic E-state index is 0.0233. The van der Waals surface area contributed by atoms with Crippen molar-refractivity contribution in [2.24, 2.45) is 0 Å². The Morgan fingerprint density at radius 2 is 2.18 bits per heavy atom. The highest BCUT2D eigenvalue weighted by atomic mass is 35.5. The van der Waals surface area contributed by atoms with Crippen LogP contribution in [0.15, 0.2) is 18.5 Å². The van der Waals surface area contributed by atoms with Gasteiger partial charge < -0.3 is 10.6 Å². The third kappa shape index (κ3) is 5.54. The Kier molecular flexibility index (Phi) is 4.75. The predicted octanol–water partition coefficient (Wildman–Crippen LogP) is 2.45. The summed E-state index contributed by atoms with van der Waals surface area (Å²) in [6.07, 6.45) is 3.64. The largest absolute Gasteiger partial charge is 0.383 e. The van der Waals surface area contributed by atoms with Crippen molar-refractivity contribution in [1.29, 1.82) is 0 Å². The zero-order valence-corrected chi connectivity index (χ0v) is 11.1. The third-order valence-electron chi connectivity index (χ3n) is 1.95. The molecular weight excluding hydrogens is 238 g/mol. The maximum atomic E-state index is 11.5. The Balaban J connectivity index is 2.34. The minimum Gasteiger partial charge on any atom is -0.383 e. The van der Waals surface area contributed by atoms with Crippen molar-refractivity contribution in [3.8, 4) is 0 Å². The molecule has 1 heterocycles. The molecule has 0 fully saturated rings. The summed E-state index contributed by atoms with van der Waals surface area (Å²) in [5.41, 5.74) is 0.607. The van der Waals surface area contributed by atoms with Gasteiger partial charge in [-0.3, -0.25) is 9.78 Å². The van der Waals surface area contributed by atoms with Crippen LogP contribution in [-0.4, -0.2) is 23.0 Å². The van der Waals surface area contributed by atoms with E-state index in [0.29, 0.717) is 18.0 Å². The van der Waals surface area contributed by atoms with E-state index in [2.05, 4.69) is 15.6 Å². The minimum atomic E-state index is -0.189. The van der Waals surface area contributed by atoms with Crippen molar-refractivity contribution in [3.05, 3.63) is 23.5 Å². The molecule has 0 aliphatic carbocycles.